The van der Waals surface area contributed by atoms with Gasteiger partial charge in [-0.2, -0.15) is 0 Å². The molecule has 6 heteroatoms. The first-order valence-electron chi connectivity index (χ1n) is 6.88. The van der Waals surface area contributed by atoms with Crippen molar-refractivity contribution in [3.63, 3.8) is 0 Å². The molecule has 0 radical (unpaired) electrons. The van der Waals surface area contributed by atoms with E-state index in [0.29, 0.717) is 12.0 Å². The quantitative estimate of drug-likeness (QED) is 0.919. The van der Waals surface area contributed by atoms with Gasteiger partial charge in [0.1, 0.15) is 0 Å². The van der Waals surface area contributed by atoms with Crippen LogP contribution in [0.25, 0.3) is 0 Å². The SMILES string of the molecule is Brc1cnc(NC[C@@H]2CN3CCCC[C@H]3CO2)nc1. The van der Waals surface area contributed by atoms with Crippen LogP contribution in [0.5, 0.6) is 0 Å². The average Bonchev–Trinajstić information content (AvgIpc) is 2.46. The molecule has 104 valence electrons. The maximum absolute atomic E-state index is 5.92. The number of nitrogens with one attached hydrogen (secondary N) is 1. The van der Waals surface area contributed by atoms with Gasteiger partial charge in [0.2, 0.25) is 5.95 Å². The standard InChI is InChI=1S/C13H19BrN4O/c14-10-5-15-13(16-6-10)17-7-12-8-18-4-2-1-3-11(18)9-19-12/h5-6,11-12H,1-4,7-9H2,(H,15,16,17)/t11-,12+/m0/s1. The molecule has 1 aromatic heterocycles. The first-order valence-corrected chi connectivity index (χ1v) is 7.67. The van der Waals surface area contributed by atoms with Gasteiger partial charge < -0.3 is 10.1 Å². The van der Waals surface area contributed by atoms with Crippen molar-refractivity contribution in [1.82, 2.24) is 14.9 Å². The van der Waals surface area contributed by atoms with Crippen molar-refractivity contribution >= 4 is 21.9 Å². The molecule has 0 saturated carbocycles. The second-order valence-corrected chi connectivity index (χ2v) is 6.12. The third-order valence-electron chi connectivity index (χ3n) is 3.82. The molecule has 1 aromatic rings. The minimum atomic E-state index is 0.238. The van der Waals surface area contributed by atoms with Gasteiger partial charge in [0, 0.05) is 31.5 Å². The van der Waals surface area contributed by atoms with Crippen molar-refractivity contribution < 1.29 is 4.74 Å². The molecule has 0 bridgehead atoms. The smallest absolute Gasteiger partial charge is 0.222 e. The third-order valence-corrected chi connectivity index (χ3v) is 4.23. The third kappa shape index (κ3) is 3.43. The van der Waals surface area contributed by atoms with Gasteiger partial charge in [-0.1, -0.05) is 6.42 Å². The van der Waals surface area contributed by atoms with Crippen molar-refractivity contribution in [2.45, 2.75) is 31.4 Å². The van der Waals surface area contributed by atoms with E-state index >= 15 is 0 Å². The number of halogens is 1. The Hall–Kier alpha value is -0.720. The van der Waals surface area contributed by atoms with Crippen molar-refractivity contribution in [3.8, 4) is 0 Å². The lowest BCUT2D eigenvalue weighted by Crippen LogP contribution is -2.53. The van der Waals surface area contributed by atoms with Crippen LogP contribution in [0.4, 0.5) is 5.95 Å². The Morgan fingerprint density at radius 3 is 3.05 bits per heavy atom. The lowest BCUT2D eigenvalue weighted by Gasteiger charge is -2.42. The number of hydrogen-bond donors (Lipinski definition) is 1. The second kappa shape index (κ2) is 6.15. The van der Waals surface area contributed by atoms with E-state index in [4.69, 9.17) is 4.74 Å². The lowest BCUT2D eigenvalue weighted by atomic mass is 10.0. The highest BCUT2D eigenvalue weighted by molar-refractivity contribution is 9.10. The number of rotatable bonds is 3. The Bertz CT molecular complexity index is 414. The molecular formula is C13H19BrN4O. The van der Waals surface area contributed by atoms with E-state index in [0.717, 1.165) is 24.2 Å². The molecule has 2 fully saturated rings. The molecule has 2 aliphatic heterocycles. The zero-order valence-corrected chi connectivity index (χ0v) is 12.5. The molecule has 2 atom stereocenters. The van der Waals surface area contributed by atoms with Gasteiger partial charge in [-0.3, -0.25) is 4.90 Å². The topological polar surface area (TPSA) is 50.3 Å². The molecule has 3 heterocycles. The lowest BCUT2D eigenvalue weighted by molar-refractivity contribution is -0.0689. The first-order chi connectivity index (χ1) is 9.31. The van der Waals surface area contributed by atoms with Crippen LogP contribution in [-0.2, 0) is 4.74 Å². The van der Waals surface area contributed by atoms with Crippen molar-refractivity contribution in [2.75, 3.05) is 31.6 Å². The summed E-state index contributed by atoms with van der Waals surface area (Å²) in [6, 6.07) is 0.647. The summed E-state index contributed by atoms with van der Waals surface area (Å²) in [5.41, 5.74) is 0. The minimum absolute atomic E-state index is 0.238. The highest BCUT2D eigenvalue weighted by atomic mass is 79.9. The number of piperidine rings is 1. The van der Waals surface area contributed by atoms with E-state index in [2.05, 4.69) is 36.1 Å². The number of hydrogen-bond acceptors (Lipinski definition) is 5. The molecule has 2 aliphatic rings. The van der Waals surface area contributed by atoms with Gasteiger partial charge in [-0.05, 0) is 35.3 Å². The van der Waals surface area contributed by atoms with Crippen LogP contribution in [0.2, 0.25) is 0 Å². The Labute approximate surface area is 121 Å². The predicted octanol–water partition coefficient (Wildman–Crippen LogP) is 1.90. The summed E-state index contributed by atoms with van der Waals surface area (Å²) >= 11 is 3.33. The van der Waals surface area contributed by atoms with Crippen LogP contribution in [-0.4, -0.2) is 53.3 Å². The van der Waals surface area contributed by atoms with Crippen LogP contribution in [0.15, 0.2) is 16.9 Å². The Kier molecular flexibility index (Phi) is 4.30. The van der Waals surface area contributed by atoms with Crippen LogP contribution >= 0.6 is 15.9 Å². The fraction of sp³-hybridized carbons (Fsp3) is 0.692. The van der Waals surface area contributed by atoms with Crippen LogP contribution in [0, 0.1) is 0 Å². The van der Waals surface area contributed by atoms with Crippen LogP contribution < -0.4 is 5.32 Å². The fourth-order valence-corrected chi connectivity index (χ4v) is 2.99. The normalized spacial score (nSPS) is 27.8. The van der Waals surface area contributed by atoms with E-state index in [-0.39, 0.29) is 6.10 Å². The molecule has 3 rings (SSSR count). The van der Waals surface area contributed by atoms with Crippen LogP contribution in [0.3, 0.4) is 0 Å². The summed E-state index contributed by atoms with van der Waals surface area (Å²) in [7, 11) is 0. The minimum Gasteiger partial charge on any atom is -0.373 e. The van der Waals surface area contributed by atoms with E-state index in [1.54, 1.807) is 12.4 Å². The van der Waals surface area contributed by atoms with E-state index < -0.39 is 0 Å². The van der Waals surface area contributed by atoms with Crippen molar-refractivity contribution in [2.24, 2.45) is 0 Å². The van der Waals surface area contributed by atoms with E-state index in [1.165, 1.54) is 25.8 Å². The number of anilines is 1. The number of nitrogens with zero attached hydrogens (tertiary/aromatic N) is 3. The first kappa shape index (κ1) is 13.3. The predicted molar refractivity (Wildman–Crippen MR) is 77.2 cm³/mol. The molecule has 0 spiro atoms. The summed E-state index contributed by atoms with van der Waals surface area (Å²) in [5.74, 6) is 0.660. The summed E-state index contributed by atoms with van der Waals surface area (Å²) in [6.45, 7) is 3.88. The number of ether oxygens (including phenoxy) is 1. The maximum Gasteiger partial charge on any atom is 0.222 e. The van der Waals surface area contributed by atoms with Gasteiger partial charge >= 0.3 is 0 Å². The van der Waals surface area contributed by atoms with Gasteiger partial charge in [0.05, 0.1) is 17.2 Å². The number of fused-ring (bicyclic) bond motifs is 1. The van der Waals surface area contributed by atoms with Crippen molar-refractivity contribution in [1.29, 1.82) is 0 Å². The molecule has 0 aromatic carbocycles. The molecule has 2 saturated heterocycles. The number of aromatic nitrogens is 2. The molecule has 0 unspecified atom stereocenters. The Balaban J connectivity index is 1.49. The van der Waals surface area contributed by atoms with Gasteiger partial charge in [-0.25, -0.2) is 9.97 Å². The summed E-state index contributed by atoms with van der Waals surface area (Å²) in [6.07, 6.45) is 7.69. The van der Waals surface area contributed by atoms with Gasteiger partial charge in [0.15, 0.2) is 0 Å². The molecule has 5 nitrogen and oxygen atoms in total. The van der Waals surface area contributed by atoms with Crippen LogP contribution in [0.1, 0.15) is 19.3 Å². The average molecular weight is 327 g/mol. The molecule has 19 heavy (non-hydrogen) atoms. The highest BCUT2D eigenvalue weighted by Crippen LogP contribution is 2.22. The number of morpholine rings is 1. The summed E-state index contributed by atoms with van der Waals surface area (Å²) in [5, 5.41) is 3.24. The monoisotopic (exact) mass is 326 g/mol. The van der Waals surface area contributed by atoms with E-state index in [9.17, 15) is 0 Å². The second-order valence-electron chi connectivity index (χ2n) is 5.21. The highest BCUT2D eigenvalue weighted by Gasteiger charge is 2.30. The van der Waals surface area contributed by atoms with Gasteiger partial charge in [-0.15, -0.1) is 0 Å². The zero-order chi connectivity index (χ0) is 13.1. The molecule has 0 aliphatic carbocycles. The summed E-state index contributed by atoms with van der Waals surface area (Å²) in [4.78, 5) is 11.0. The summed E-state index contributed by atoms with van der Waals surface area (Å²) < 4.78 is 6.82. The fourth-order valence-electron chi connectivity index (χ4n) is 2.78. The van der Waals surface area contributed by atoms with E-state index in [1.807, 2.05) is 0 Å². The molecular weight excluding hydrogens is 308 g/mol. The van der Waals surface area contributed by atoms with Gasteiger partial charge in [0.25, 0.3) is 0 Å². The molecule has 1 N–H and O–H groups in total. The molecule has 0 amide bonds. The zero-order valence-electron chi connectivity index (χ0n) is 10.9. The Morgan fingerprint density at radius 2 is 2.21 bits per heavy atom. The van der Waals surface area contributed by atoms with Crippen molar-refractivity contribution in [3.05, 3.63) is 16.9 Å². The maximum atomic E-state index is 5.92. The Morgan fingerprint density at radius 1 is 1.37 bits per heavy atom. The largest absolute Gasteiger partial charge is 0.373 e.